The number of hydrogen-bond donors (Lipinski definition) is 1. The first kappa shape index (κ1) is 20.4. The molecule has 3 aromatic rings. The van der Waals surface area contributed by atoms with Crippen LogP contribution in [0.15, 0.2) is 48.9 Å². The van der Waals surface area contributed by atoms with E-state index in [1.165, 1.54) is 12.1 Å². The van der Waals surface area contributed by atoms with Crippen molar-refractivity contribution in [3.63, 3.8) is 0 Å². The van der Waals surface area contributed by atoms with Crippen LogP contribution in [0.1, 0.15) is 43.1 Å². The van der Waals surface area contributed by atoms with Crippen LogP contribution in [0.4, 0.5) is 4.39 Å². The predicted molar refractivity (Wildman–Crippen MR) is 113 cm³/mol. The van der Waals surface area contributed by atoms with Crippen molar-refractivity contribution >= 4 is 17.5 Å². The van der Waals surface area contributed by atoms with Gasteiger partial charge < -0.3 is 5.32 Å². The lowest BCUT2D eigenvalue weighted by molar-refractivity contribution is -0.121. The summed E-state index contributed by atoms with van der Waals surface area (Å²) in [7, 11) is 0. The van der Waals surface area contributed by atoms with Gasteiger partial charge >= 0.3 is 0 Å². The summed E-state index contributed by atoms with van der Waals surface area (Å²) in [6.07, 6.45) is 6.61. The maximum atomic E-state index is 14.1. The summed E-state index contributed by atoms with van der Waals surface area (Å²) in [5.74, 6) is -0.127. The highest BCUT2D eigenvalue weighted by molar-refractivity contribution is 6.31. The van der Waals surface area contributed by atoms with Gasteiger partial charge in [-0.3, -0.25) is 9.78 Å². The van der Waals surface area contributed by atoms with Crippen LogP contribution in [0.25, 0.3) is 11.4 Å². The van der Waals surface area contributed by atoms with Gasteiger partial charge in [0.25, 0.3) is 0 Å². The van der Waals surface area contributed by atoms with E-state index in [4.69, 9.17) is 16.6 Å². The number of amides is 1. The summed E-state index contributed by atoms with van der Waals surface area (Å²) >= 11 is 6.07. The van der Waals surface area contributed by atoms with Crippen molar-refractivity contribution in [1.29, 1.82) is 0 Å². The van der Waals surface area contributed by atoms with Crippen molar-refractivity contribution in [2.24, 2.45) is 5.41 Å². The number of benzene rings is 1. The van der Waals surface area contributed by atoms with Crippen molar-refractivity contribution < 1.29 is 9.18 Å². The number of rotatable bonds is 4. The second-order valence-electron chi connectivity index (χ2n) is 8.37. The zero-order valence-corrected chi connectivity index (χ0v) is 17.6. The minimum atomic E-state index is -0.479. The van der Waals surface area contributed by atoms with Gasteiger partial charge in [0.05, 0.1) is 18.2 Å². The maximum absolute atomic E-state index is 14.1. The molecular weight excluding hydrogens is 403 g/mol. The van der Waals surface area contributed by atoms with Crippen LogP contribution in [0.3, 0.4) is 0 Å². The number of pyridine rings is 1. The van der Waals surface area contributed by atoms with Gasteiger partial charge in [-0.15, -0.1) is 0 Å². The molecule has 4 rings (SSSR count). The lowest BCUT2D eigenvalue weighted by Gasteiger charge is -2.36. The number of halogens is 2. The van der Waals surface area contributed by atoms with Crippen molar-refractivity contribution in [1.82, 2.24) is 20.3 Å². The van der Waals surface area contributed by atoms with E-state index in [1.807, 2.05) is 12.1 Å². The van der Waals surface area contributed by atoms with Gasteiger partial charge in [0.2, 0.25) is 5.91 Å². The smallest absolute Gasteiger partial charge is 0.225 e. The molecule has 154 valence electrons. The molecule has 1 aromatic carbocycles. The fourth-order valence-electron chi connectivity index (χ4n) is 3.92. The number of fused-ring (bicyclic) bond motifs is 1. The third kappa shape index (κ3) is 4.33. The molecule has 5 nitrogen and oxygen atoms in total. The van der Waals surface area contributed by atoms with E-state index in [9.17, 15) is 9.18 Å². The van der Waals surface area contributed by atoms with E-state index >= 15 is 0 Å². The van der Waals surface area contributed by atoms with E-state index in [1.54, 1.807) is 24.7 Å². The number of hydrogen-bond acceptors (Lipinski definition) is 4. The molecular formula is C23H22ClFN4O. The molecule has 0 unspecified atom stereocenters. The van der Waals surface area contributed by atoms with Crippen LogP contribution in [0.2, 0.25) is 5.02 Å². The molecule has 0 radical (unpaired) electrons. The molecule has 2 heterocycles. The van der Waals surface area contributed by atoms with Gasteiger partial charge in [0, 0.05) is 40.3 Å². The van der Waals surface area contributed by atoms with Crippen molar-refractivity contribution in [3.8, 4) is 11.4 Å². The summed E-state index contributed by atoms with van der Waals surface area (Å²) in [5.41, 5.74) is 2.87. The Balaban J connectivity index is 1.59. The zero-order chi connectivity index (χ0) is 21.3. The second-order valence-corrected chi connectivity index (χ2v) is 8.78. The average Bonchev–Trinajstić information content (AvgIpc) is 2.70. The van der Waals surface area contributed by atoms with Gasteiger partial charge in [0.15, 0.2) is 5.82 Å². The SMILES string of the molecule is CC1(C)Cc2nc(-c3ccncc3)ncc2[C@@H](NC(=O)Cc2c(F)cccc2Cl)C1. The zero-order valence-electron chi connectivity index (χ0n) is 16.8. The van der Waals surface area contributed by atoms with Crippen LogP contribution in [-0.4, -0.2) is 20.9 Å². The Morgan fingerprint density at radius 2 is 2.03 bits per heavy atom. The van der Waals surface area contributed by atoms with Gasteiger partial charge in [-0.2, -0.15) is 0 Å². The molecule has 0 fully saturated rings. The van der Waals surface area contributed by atoms with Gasteiger partial charge in [0.1, 0.15) is 5.82 Å². The van der Waals surface area contributed by atoms with Gasteiger partial charge in [-0.1, -0.05) is 31.5 Å². The number of carbonyl (C=O) groups excluding carboxylic acids is 1. The second kappa shape index (κ2) is 8.11. The number of carbonyl (C=O) groups is 1. The highest BCUT2D eigenvalue weighted by atomic mass is 35.5. The number of nitrogens with one attached hydrogen (secondary N) is 1. The monoisotopic (exact) mass is 424 g/mol. The first-order chi connectivity index (χ1) is 14.3. The van der Waals surface area contributed by atoms with Crippen molar-refractivity contribution in [2.75, 3.05) is 0 Å². The Morgan fingerprint density at radius 1 is 1.27 bits per heavy atom. The molecule has 0 saturated heterocycles. The topological polar surface area (TPSA) is 67.8 Å². The molecule has 1 aliphatic rings. The Kier molecular flexibility index (Phi) is 5.52. The molecule has 7 heteroatoms. The highest BCUT2D eigenvalue weighted by Crippen LogP contribution is 2.40. The van der Waals surface area contributed by atoms with Gasteiger partial charge in [-0.05, 0) is 42.5 Å². The first-order valence-corrected chi connectivity index (χ1v) is 10.2. The quantitative estimate of drug-likeness (QED) is 0.659. The van der Waals surface area contributed by atoms with Crippen LogP contribution < -0.4 is 5.32 Å². The normalized spacial score (nSPS) is 17.3. The third-order valence-electron chi connectivity index (χ3n) is 5.35. The van der Waals surface area contributed by atoms with E-state index in [0.29, 0.717) is 5.82 Å². The Morgan fingerprint density at radius 3 is 2.77 bits per heavy atom. The fraction of sp³-hybridized carbons (Fsp3) is 0.304. The first-order valence-electron chi connectivity index (χ1n) is 9.81. The molecule has 1 N–H and O–H groups in total. The standard InChI is InChI=1S/C23H22ClFN4O/c1-23(2)11-19(28-21(30)10-15-17(24)4-3-5-18(15)25)16-13-27-22(29-20(16)12-23)14-6-8-26-9-7-14/h3-9,13,19H,10-12H2,1-2H3,(H,28,30)/t19-/m0/s1. The Hall–Kier alpha value is -2.86. The molecule has 0 bridgehead atoms. The van der Waals surface area contributed by atoms with Crippen LogP contribution in [0, 0.1) is 11.2 Å². The lowest BCUT2D eigenvalue weighted by atomic mass is 9.74. The van der Waals surface area contributed by atoms with E-state index in [-0.39, 0.29) is 34.4 Å². The van der Waals surface area contributed by atoms with E-state index < -0.39 is 5.82 Å². The molecule has 1 amide bonds. The van der Waals surface area contributed by atoms with Crippen molar-refractivity contribution in [2.45, 2.75) is 39.2 Å². The Labute approximate surface area is 179 Å². The molecule has 1 aliphatic carbocycles. The summed E-state index contributed by atoms with van der Waals surface area (Å²) in [4.78, 5) is 26.0. The molecule has 0 saturated carbocycles. The van der Waals surface area contributed by atoms with Crippen molar-refractivity contribution in [3.05, 3.63) is 76.6 Å². The van der Waals surface area contributed by atoms with E-state index in [0.717, 1.165) is 29.7 Å². The summed E-state index contributed by atoms with van der Waals surface area (Å²) < 4.78 is 14.1. The number of aromatic nitrogens is 3. The van der Waals surface area contributed by atoms with Crippen LogP contribution in [-0.2, 0) is 17.6 Å². The van der Waals surface area contributed by atoms with Gasteiger partial charge in [-0.25, -0.2) is 14.4 Å². The maximum Gasteiger partial charge on any atom is 0.225 e. The third-order valence-corrected chi connectivity index (χ3v) is 5.70. The minimum Gasteiger partial charge on any atom is -0.349 e. The highest BCUT2D eigenvalue weighted by Gasteiger charge is 2.34. The molecule has 30 heavy (non-hydrogen) atoms. The average molecular weight is 425 g/mol. The summed E-state index contributed by atoms with van der Waals surface area (Å²) in [6.45, 7) is 4.30. The van der Waals surface area contributed by atoms with Crippen LogP contribution >= 0.6 is 11.6 Å². The summed E-state index contributed by atoms with van der Waals surface area (Å²) in [5, 5.41) is 3.29. The minimum absolute atomic E-state index is 0.0511. The fourth-order valence-corrected chi connectivity index (χ4v) is 4.15. The molecule has 0 spiro atoms. The molecule has 0 aliphatic heterocycles. The molecule has 1 atom stereocenters. The van der Waals surface area contributed by atoms with E-state index in [2.05, 4.69) is 29.1 Å². The van der Waals surface area contributed by atoms with Crippen LogP contribution in [0.5, 0.6) is 0 Å². The lowest BCUT2D eigenvalue weighted by Crippen LogP contribution is -2.38. The largest absolute Gasteiger partial charge is 0.349 e. The Bertz CT molecular complexity index is 1070. The predicted octanol–water partition coefficient (Wildman–Crippen LogP) is 4.70. The summed E-state index contributed by atoms with van der Waals surface area (Å²) in [6, 6.07) is 7.91. The number of nitrogens with zero attached hydrogens (tertiary/aromatic N) is 3. The molecule has 2 aromatic heterocycles.